The summed E-state index contributed by atoms with van der Waals surface area (Å²) < 4.78 is 10.4. The number of nitrogens with zero attached hydrogens (tertiary/aromatic N) is 1. The van der Waals surface area contributed by atoms with Gasteiger partial charge in [-0.3, -0.25) is 4.79 Å². The van der Waals surface area contributed by atoms with E-state index in [0.717, 1.165) is 5.56 Å². The largest absolute Gasteiger partial charge is 0.449 e. The molecule has 1 N–H and O–H groups in total. The Kier molecular flexibility index (Phi) is 4.29. The molecule has 1 amide bonds. The monoisotopic (exact) mass is 324 g/mol. The van der Waals surface area contributed by atoms with E-state index in [1.54, 1.807) is 24.3 Å². The number of para-hydroxylation sites is 2. The molecular weight excluding hydrogens is 308 g/mol. The molecular formula is C18H16N2O4. The smallest absolute Gasteiger partial charge is 0.341 e. The maximum Gasteiger partial charge on any atom is 0.341 e. The highest BCUT2D eigenvalue weighted by Crippen LogP contribution is 2.19. The van der Waals surface area contributed by atoms with Crippen molar-refractivity contribution in [1.29, 1.82) is 0 Å². The second-order valence-electron chi connectivity index (χ2n) is 5.36. The molecule has 0 saturated carbocycles. The molecule has 1 heterocycles. The molecule has 6 heteroatoms. The van der Waals surface area contributed by atoms with Crippen molar-refractivity contribution < 1.29 is 18.7 Å². The first-order valence-corrected chi connectivity index (χ1v) is 7.46. The lowest BCUT2D eigenvalue weighted by molar-refractivity contribution is -0.123. The Morgan fingerprint density at radius 1 is 1.17 bits per heavy atom. The number of amides is 1. The number of benzene rings is 2. The highest BCUT2D eigenvalue weighted by atomic mass is 16.5. The van der Waals surface area contributed by atoms with Gasteiger partial charge in [0.2, 0.25) is 0 Å². The molecule has 1 aromatic heterocycles. The summed E-state index contributed by atoms with van der Waals surface area (Å²) in [4.78, 5) is 28.5. The van der Waals surface area contributed by atoms with Crippen molar-refractivity contribution in [3.8, 4) is 0 Å². The number of nitrogens with one attached hydrogen (secondary N) is 1. The molecule has 0 aliphatic carbocycles. The van der Waals surface area contributed by atoms with Gasteiger partial charge in [-0.2, -0.15) is 0 Å². The molecule has 1 atom stereocenters. The first-order chi connectivity index (χ1) is 11.6. The summed E-state index contributed by atoms with van der Waals surface area (Å²) in [6, 6.07) is 12.3. The molecule has 0 fully saturated rings. The summed E-state index contributed by atoms with van der Waals surface area (Å²) in [7, 11) is 0. The molecule has 2 aromatic carbocycles. The quantitative estimate of drug-likeness (QED) is 0.745. The maximum atomic E-state index is 12.3. The number of ether oxygens (including phenoxy) is 1. The van der Waals surface area contributed by atoms with E-state index < -0.39 is 18.0 Å². The van der Waals surface area contributed by atoms with Crippen LogP contribution in [0.4, 0.5) is 5.69 Å². The fourth-order valence-corrected chi connectivity index (χ4v) is 2.28. The molecule has 122 valence electrons. The third-order valence-corrected chi connectivity index (χ3v) is 3.64. The minimum absolute atomic E-state index is 0.261. The zero-order valence-corrected chi connectivity index (χ0v) is 13.3. The molecule has 1 unspecified atom stereocenters. The molecule has 0 radical (unpaired) electrons. The van der Waals surface area contributed by atoms with Crippen molar-refractivity contribution in [2.24, 2.45) is 0 Å². The van der Waals surface area contributed by atoms with Gasteiger partial charge in [0.15, 0.2) is 18.1 Å². The average Bonchev–Trinajstić information content (AvgIpc) is 3.05. The molecule has 0 bridgehead atoms. The Morgan fingerprint density at radius 3 is 2.75 bits per heavy atom. The van der Waals surface area contributed by atoms with Gasteiger partial charge in [0.1, 0.15) is 5.52 Å². The van der Waals surface area contributed by atoms with Gasteiger partial charge < -0.3 is 14.5 Å². The van der Waals surface area contributed by atoms with Crippen LogP contribution in [0.25, 0.3) is 11.1 Å². The molecule has 3 aromatic rings. The summed E-state index contributed by atoms with van der Waals surface area (Å²) >= 11 is 0. The topological polar surface area (TPSA) is 81.4 Å². The van der Waals surface area contributed by atoms with Crippen LogP contribution in [-0.4, -0.2) is 23.0 Å². The Hall–Kier alpha value is -3.15. The van der Waals surface area contributed by atoms with Gasteiger partial charge >= 0.3 is 5.97 Å². The van der Waals surface area contributed by atoms with Crippen LogP contribution in [0.5, 0.6) is 0 Å². The fourth-order valence-electron chi connectivity index (χ4n) is 2.28. The van der Waals surface area contributed by atoms with E-state index in [4.69, 9.17) is 9.15 Å². The molecule has 0 saturated heterocycles. The number of rotatable bonds is 4. The van der Waals surface area contributed by atoms with Crippen molar-refractivity contribution in [2.75, 3.05) is 5.32 Å². The molecule has 0 aliphatic rings. The van der Waals surface area contributed by atoms with Crippen LogP contribution < -0.4 is 5.32 Å². The van der Waals surface area contributed by atoms with E-state index in [1.807, 2.05) is 25.1 Å². The van der Waals surface area contributed by atoms with Gasteiger partial charge in [-0.05, 0) is 37.6 Å². The van der Waals surface area contributed by atoms with Crippen molar-refractivity contribution in [3.63, 3.8) is 0 Å². The van der Waals surface area contributed by atoms with E-state index in [2.05, 4.69) is 10.3 Å². The van der Waals surface area contributed by atoms with E-state index in [0.29, 0.717) is 16.8 Å². The highest BCUT2D eigenvalue weighted by Gasteiger charge is 2.21. The minimum atomic E-state index is -0.945. The summed E-state index contributed by atoms with van der Waals surface area (Å²) in [6.45, 7) is 3.41. The number of hydrogen-bond donors (Lipinski definition) is 1. The number of carbonyl (C=O) groups is 2. The van der Waals surface area contributed by atoms with Crippen molar-refractivity contribution in [2.45, 2.75) is 20.0 Å². The van der Waals surface area contributed by atoms with Crippen LogP contribution in [0.3, 0.4) is 0 Å². The number of aromatic nitrogens is 1. The van der Waals surface area contributed by atoms with E-state index in [9.17, 15) is 9.59 Å². The lowest BCUT2D eigenvalue weighted by atomic mass is 10.2. The van der Waals surface area contributed by atoms with E-state index in [-0.39, 0.29) is 5.56 Å². The normalized spacial score (nSPS) is 11.9. The molecule has 3 rings (SSSR count). The molecule has 24 heavy (non-hydrogen) atoms. The lowest BCUT2D eigenvalue weighted by Crippen LogP contribution is -2.30. The maximum absolute atomic E-state index is 12.3. The van der Waals surface area contributed by atoms with Gasteiger partial charge in [-0.1, -0.05) is 24.3 Å². The lowest BCUT2D eigenvalue weighted by Gasteiger charge is -2.14. The SMILES string of the molecule is Cc1ccccc1NC(=O)C(C)OC(=O)c1cccc2ocnc12. The fraction of sp³-hybridized carbons (Fsp3) is 0.167. The summed E-state index contributed by atoms with van der Waals surface area (Å²) in [5, 5.41) is 2.75. The van der Waals surface area contributed by atoms with E-state index in [1.165, 1.54) is 13.3 Å². The van der Waals surface area contributed by atoms with Crippen molar-refractivity contribution in [1.82, 2.24) is 4.98 Å². The molecule has 0 aliphatic heterocycles. The third kappa shape index (κ3) is 3.12. The number of oxazole rings is 1. The highest BCUT2D eigenvalue weighted by molar-refractivity contribution is 6.03. The van der Waals surface area contributed by atoms with Gasteiger partial charge in [0, 0.05) is 5.69 Å². The van der Waals surface area contributed by atoms with Crippen molar-refractivity contribution in [3.05, 3.63) is 60.0 Å². The van der Waals surface area contributed by atoms with Crippen LogP contribution in [0.1, 0.15) is 22.8 Å². The number of aryl methyl sites for hydroxylation is 1. The van der Waals surface area contributed by atoms with Crippen LogP contribution in [0.2, 0.25) is 0 Å². The number of anilines is 1. The molecule has 0 spiro atoms. The summed E-state index contributed by atoms with van der Waals surface area (Å²) in [6.07, 6.45) is 0.315. The molecule has 6 nitrogen and oxygen atoms in total. The van der Waals surface area contributed by atoms with Gasteiger partial charge in [0.05, 0.1) is 5.56 Å². The standard InChI is InChI=1S/C18H16N2O4/c1-11-6-3-4-8-14(11)20-17(21)12(2)24-18(22)13-7-5-9-15-16(13)19-10-23-15/h3-10,12H,1-2H3,(H,20,21). The Bertz CT molecular complexity index is 901. The summed E-state index contributed by atoms with van der Waals surface area (Å²) in [5.41, 5.74) is 2.77. The first kappa shape index (κ1) is 15.7. The predicted molar refractivity (Wildman–Crippen MR) is 88.7 cm³/mol. The Balaban J connectivity index is 1.71. The third-order valence-electron chi connectivity index (χ3n) is 3.64. The Morgan fingerprint density at radius 2 is 1.96 bits per heavy atom. The van der Waals surface area contributed by atoms with Crippen LogP contribution >= 0.6 is 0 Å². The zero-order chi connectivity index (χ0) is 17.1. The number of carbonyl (C=O) groups excluding carboxylic acids is 2. The van der Waals surface area contributed by atoms with Gasteiger partial charge in [-0.25, -0.2) is 9.78 Å². The second kappa shape index (κ2) is 6.54. The van der Waals surface area contributed by atoms with Crippen molar-refractivity contribution >= 4 is 28.7 Å². The Labute approximate surface area is 138 Å². The van der Waals surface area contributed by atoms with E-state index >= 15 is 0 Å². The average molecular weight is 324 g/mol. The van der Waals surface area contributed by atoms with Gasteiger partial charge in [-0.15, -0.1) is 0 Å². The number of esters is 1. The minimum Gasteiger partial charge on any atom is -0.449 e. The summed E-state index contributed by atoms with van der Waals surface area (Å²) in [5.74, 6) is -1.02. The first-order valence-electron chi connectivity index (χ1n) is 7.46. The zero-order valence-electron chi connectivity index (χ0n) is 13.3. The number of hydrogen-bond acceptors (Lipinski definition) is 5. The van der Waals surface area contributed by atoms with Crippen LogP contribution in [0.15, 0.2) is 53.3 Å². The predicted octanol–water partition coefficient (Wildman–Crippen LogP) is 3.32. The van der Waals surface area contributed by atoms with Gasteiger partial charge in [0.25, 0.3) is 5.91 Å². The van der Waals surface area contributed by atoms with Crippen LogP contribution in [-0.2, 0) is 9.53 Å². The number of fused-ring (bicyclic) bond motifs is 1. The second-order valence-corrected chi connectivity index (χ2v) is 5.36. The van der Waals surface area contributed by atoms with Crippen LogP contribution in [0, 0.1) is 6.92 Å².